The third kappa shape index (κ3) is 3.10. The number of fused-ring (bicyclic) bond motifs is 2. The van der Waals surface area contributed by atoms with Crippen molar-refractivity contribution in [3.05, 3.63) is 77.4 Å². The molecule has 0 radical (unpaired) electrons. The highest BCUT2D eigenvalue weighted by atomic mass is 79.9. The van der Waals surface area contributed by atoms with Crippen molar-refractivity contribution < 1.29 is 8.42 Å². The zero-order chi connectivity index (χ0) is 17.4. The van der Waals surface area contributed by atoms with E-state index in [-0.39, 0.29) is 4.90 Å². The maximum atomic E-state index is 12.8. The first-order valence-electron chi connectivity index (χ1n) is 7.59. The third-order valence-corrected chi connectivity index (χ3v) is 5.77. The van der Waals surface area contributed by atoms with Crippen LogP contribution in [0.5, 0.6) is 0 Å². The topological polar surface area (TPSA) is 59.1 Å². The van der Waals surface area contributed by atoms with Gasteiger partial charge in [0, 0.05) is 16.1 Å². The largest absolute Gasteiger partial charge is 0.277 e. The third-order valence-electron chi connectivity index (χ3n) is 3.95. The Morgan fingerprint density at radius 2 is 1.60 bits per heavy atom. The number of nitrogens with one attached hydrogen (secondary N) is 1. The van der Waals surface area contributed by atoms with Gasteiger partial charge in [-0.25, -0.2) is 8.42 Å². The molecule has 0 aliphatic rings. The molecule has 0 amide bonds. The van der Waals surface area contributed by atoms with Crippen LogP contribution in [0.3, 0.4) is 0 Å². The molecular weight excluding hydrogens is 400 g/mol. The fraction of sp³-hybridized carbons (Fsp3) is 0. The summed E-state index contributed by atoms with van der Waals surface area (Å²) in [5.74, 6) is 0. The maximum Gasteiger partial charge on any atom is 0.261 e. The number of sulfonamides is 1. The number of halogens is 1. The molecule has 0 saturated carbocycles. The fourth-order valence-electron chi connectivity index (χ4n) is 2.77. The molecule has 0 bridgehead atoms. The lowest BCUT2D eigenvalue weighted by atomic mass is 10.1. The van der Waals surface area contributed by atoms with Crippen LogP contribution in [-0.4, -0.2) is 13.4 Å². The van der Waals surface area contributed by atoms with Gasteiger partial charge in [0.15, 0.2) is 0 Å². The molecule has 124 valence electrons. The summed E-state index contributed by atoms with van der Waals surface area (Å²) >= 11 is 3.42. The van der Waals surface area contributed by atoms with Crippen molar-refractivity contribution in [3.63, 3.8) is 0 Å². The first kappa shape index (κ1) is 16.1. The second-order valence-corrected chi connectivity index (χ2v) is 8.24. The lowest BCUT2D eigenvalue weighted by molar-refractivity contribution is 0.601. The normalized spacial score (nSPS) is 11.7. The summed E-state index contributed by atoms with van der Waals surface area (Å²) in [7, 11) is -3.72. The van der Waals surface area contributed by atoms with Gasteiger partial charge in [-0.1, -0.05) is 52.3 Å². The van der Waals surface area contributed by atoms with Crippen LogP contribution < -0.4 is 4.72 Å². The lowest BCUT2D eigenvalue weighted by Crippen LogP contribution is -2.13. The number of aromatic nitrogens is 1. The summed E-state index contributed by atoms with van der Waals surface area (Å²) in [6.07, 6.45) is 1.64. The Balaban J connectivity index is 1.81. The molecule has 0 unspecified atom stereocenters. The molecular formula is C19H13BrN2O2S. The van der Waals surface area contributed by atoms with Crippen molar-refractivity contribution in [2.45, 2.75) is 4.90 Å². The predicted molar refractivity (Wildman–Crippen MR) is 104 cm³/mol. The smallest absolute Gasteiger partial charge is 0.261 e. The highest BCUT2D eigenvalue weighted by Crippen LogP contribution is 2.29. The minimum Gasteiger partial charge on any atom is -0.277 e. The molecule has 4 aromatic rings. The van der Waals surface area contributed by atoms with E-state index in [9.17, 15) is 8.42 Å². The Morgan fingerprint density at radius 1 is 0.840 bits per heavy atom. The first-order valence-corrected chi connectivity index (χ1v) is 9.86. The second-order valence-electron chi connectivity index (χ2n) is 5.64. The van der Waals surface area contributed by atoms with Gasteiger partial charge in [0.1, 0.15) is 0 Å². The summed E-state index contributed by atoms with van der Waals surface area (Å²) in [5.41, 5.74) is 1.05. The molecule has 1 heterocycles. The number of hydrogen-bond acceptors (Lipinski definition) is 3. The van der Waals surface area contributed by atoms with Crippen LogP contribution in [0.25, 0.3) is 21.7 Å². The summed E-state index contributed by atoms with van der Waals surface area (Å²) in [6.45, 7) is 0. The summed E-state index contributed by atoms with van der Waals surface area (Å²) < 4.78 is 29.1. The van der Waals surface area contributed by atoms with Crippen molar-refractivity contribution in [2.75, 3.05) is 4.72 Å². The molecule has 0 aliphatic heterocycles. The van der Waals surface area contributed by atoms with E-state index in [2.05, 4.69) is 25.6 Å². The number of nitrogens with zero attached hydrogens (tertiary/aromatic N) is 1. The molecule has 0 spiro atoms. The van der Waals surface area contributed by atoms with Crippen LogP contribution in [0.15, 0.2) is 82.3 Å². The molecule has 0 aliphatic carbocycles. The van der Waals surface area contributed by atoms with Crippen molar-refractivity contribution >= 4 is 53.3 Å². The number of anilines is 1. The standard InChI is InChI=1S/C19H13BrN2O2S/c20-16-10-15-6-3-9-21-19(15)18(12-16)22-25(23,24)17-8-7-13-4-1-2-5-14(13)11-17/h1-12,22H. The number of benzene rings is 3. The molecule has 4 nitrogen and oxygen atoms in total. The van der Waals surface area contributed by atoms with E-state index in [0.717, 1.165) is 20.6 Å². The van der Waals surface area contributed by atoms with Crippen LogP contribution in [0, 0.1) is 0 Å². The molecule has 0 saturated heterocycles. The van der Waals surface area contributed by atoms with Crippen LogP contribution in [0.1, 0.15) is 0 Å². The van der Waals surface area contributed by atoms with Crippen molar-refractivity contribution in [3.8, 4) is 0 Å². The molecule has 1 N–H and O–H groups in total. The number of pyridine rings is 1. The van der Waals surface area contributed by atoms with Crippen LogP contribution in [0.4, 0.5) is 5.69 Å². The average Bonchev–Trinajstić information content (AvgIpc) is 2.61. The molecule has 6 heteroatoms. The van der Waals surface area contributed by atoms with E-state index in [1.165, 1.54) is 0 Å². The van der Waals surface area contributed by atoms with E-state index >= 15 is 0 Å². The SMILES string of the molecule is O=S(=O)(Nc1cc(Br)cc2cccnc12)c1ccc2ccccc2c1. The fourth-order valence-corrected chi connectivity index (χ4v) is 4.34. The first-order chi connectivity index (χ1) is 12.0. The van der Waals surface area contributed by atoms with E-state index in [4.69, 9.17) is 0 Å². The van der Waals surface area contributed by atoms with Crippen LogP contribution >= 0.6 is 15.9 Å². The van der Waals surface area contributed by atoms with Crippen molar-refractivity contribution in [2.24, 2.45) is 0 Å². The van der Waals surface area contributed by atoms with Gasteiger partial charge in [0.2, 0.25) is 0 Å². The average molecular weight is 413 g/mol. The van der Waals surface area contributed by atoms with E-state index in [1.807, 2.05) is 42.5 Å². The molecule has 0 atom stereocenters. The second kappa shape index (κ2) is 6.13. The maximum absolute atomic E-state index is 12.8. The molecule has 1 aromatic heterocycles. The van der Waals surface area contributed by atoms with E-state index in [1.54, 1.807) is 30.5 Å². The minimum atomic E-state index is -3.72. The van der Waals surface area contributed by atoms with Gasteiger partial charge >= 0.3 is 0 Å². The molecule has 3 aromatic carbocycles. The van der Waals surface area contributed by atoms with Gasteiger partial charge in [-0.05, 0) is 41.1 Å². The van der Waals surface area contributed by atoms with Gasteiger partial charge in [-0.3, -0.25) is 9.71 Å². The Kier molecular flexibility index (Phi) is 3.94. The van der Waals surface area contributed by atoms with Gasteiger partial charge in [0.05, 0.1) is 16.1 Å². The lowest BCUT2D eigenvalue weighted by Gasteiger charge is -2.11. The van der Waals surface area contributed by atoms with Crippen LogP contribution in [0.2, 0.25) is 0 Å². The molecule has 0 fully saturated rings. The summed E-state index contributed by atoms with van der Waals surface area (Å²) in [6, 6.07) is 20.1. The van der Waals surface area contributed by atoms with Crippen molar-refractivity contribution in [1.29, 1.82) is 0 Å². The quantitative estimate of drug-likeness (QED) is 0.517. The summed E-state index contributed by atoms with van der Waals surface area (Å²) in [5, 5.41) is 2.73. The van der Waals surface area contributed by atoms with Gasteiger partial charge in [-0.2, -0.15) is 0 Å². The van der Waals surface area contributed by atoms with Crippen LogP contribution in [-0.2, 0) is 10.0 Å². The minimum absolute atomic E-state index is 0.218. The Hall–Kier alpha value is -2.44. The molecule has 25 heavy (non-hydrogen) atoms. The Morgan fingerprint density at radius 3 is 2.44 bits per heavy atom. The zero-order valence-corrected chi connectivity index (χ0v) is 15.4. The monoisotopic (exact) mass is 412 g/mol. The van der Waals surface area contributed by atoms with Gasteiger partial charge < -0.3 is 0 Å². The molecule has 4 rings (SSSR count). The highest BCUT2D eigenvalue weighted by Gasteiger charge is 2.17. The number of hydrogen-bond donors (Lipinski definition) is 1. The van der Waals surface area contributed by atoms with Gasteiger partial charge in [-0.15, -0.1) is 0 Å². The van der Waals surface area contributed by atoms with E-state index in [0.29, 0.717) is 11.2 Å². The predicted octanol–water partition coefficient (Wildman–Crippen LogP) is 4.95. The Labute approximate surface area is 153 Å². The zero-order valence-electron chi connectivity index (χ0n) is 13.0. The Bertz CT molecular complexity index is 1210. The number of rotatable bonds is 3. The van der Waals surface area contributed by atoms with Gasteiger partial charge in [0.25, 0.3) is 10.0 Å². The van der Waals surface area contributed by atoms with Crippen molar-refractivity contribution in [1.82, 2.24) is 4.98 Å². The summed E-state index contributed by atoms with van der Waals surface area (Å²) in [4.78, 5) is 4.52. The van der Waals surface area contributed by atoms with E-state index < -0.39 is 10.0 Å². The highest BCUT2D eigenvalue weighted by molar-refractivity contribution is 9.10.